The van der Waals surface area contributed by atoms with Gasteiger partial charge in [0.25, 0.3) is 15.9 Å². The molecule has 0 bridgehead atoms. The largest absolute Gasteiger partial charge is 0.495 e. The van der Waals surface area contributed by atoms with Gasteiger partial charge in [0.05, 0.1) is 34.8 Å². The molecule has 5 rings (SSSR count). The molecule has 0 unspecified atom stereocenters. The molecule has 0 saturated carbocycles. The van der Waals surface area contributed by atoms with E-state index in [-0.39, 0.29) is 39.2 Å². The summed E-state index contributed by atoms with van der Waals surface area (Å²) in [7, 11) is -6.43. The molecule has 2 heterocycles. The number of amides is 1. The zero-order valence-corrected chi connectivity index (χ0v) is 23.3. The van der Waals surface area contributed by atoms with E-state index in [1.54, 1.807) is 24.3 Å². The van der Waals surface area contributed by atoms with Crippen molar-refractivity contribution in [1.82, 2.24) is 4.31 Å². The fourth-order valence-corrected chi connectivity index (χ4v) is 7.68. The fourth-order valence-electron chi connectivity index (χ4n) is 4.54. The van der Waals surface area contributed by atoms with Crippen molar-refractivity contribution in [3.8, 4) is 11.5 Å². The summed E-state index contributed by atoms with van der Waals surface area (Å²) in [5.41, 5.74) is 0.408. The predicted octanol–water partition coefficient (Wildman–Crippen LogP) is 3.73. The lowest BCUT2D eigenvalue weighted by Crippen LogP contribution is -2.48. The van der Waals surface area contributed by atoms with Gasteiger partial charge in [-0.05, 0) is 67.4 Å². The molecule has 0 aliphatic carbocycles. The first kappa shape index (κ1) is 27.3. The van der Waals surface area contributed by atoms with Crippen molar-refractivity contribution < 1.29 is 31.1 Å². The number of rotatable bonds is 7. The summed E-state index contributed by atoms with van der Waals surface area (Å²) in [4.78, 5) is 13.4. The van der Waals surface area contributed by atoms with Crippen molar-refractivity contribution >= 4 is 48.9 Å². The summed E-state index contributed by atoms with van der Waals surface area (Å²) in [6.45, 7) is 0.550. The maximum atomic E-state index is 13.6. The van der Waals surface area contributed by atoms with E-state index >= 15 is 0 Å². The third kappa shape index (κ3) is 5.29. The summed E-state index contributed by atoms with van der Waals surface area (Å²) in [6.07, 6.45) is 0.328. The predicted molar refractivity (Wildman–Crippen MR) is 146 cm³/mol. The van der Waals surface area contributed by atoms with Gasteiger partial charge in [-0.25, -0.2) is 16.8 Å². The van der Waals surface area contributed by atoms with Gasteiger partial charge in [-0.2, -0.15) is 4.31 Å². The Labute approximate surface area is 232 Å². The summed E-state index contributed by atoms with van der Waals surface area (Å²) in [5, 5.41) is 3.06. The average molecular weight is 592 g/mol. The number of benzene rings is 3. The monoisotopic (exact) mass is 591 g/mol. The molecule has 1 N–H and O–H groups in total. The number of halogens is 1. The molecule has 13 heteroatoms. The standard InChI is InChI=1S/C26H26ClN3O7S2/c1-36-23-13-12-20(38(32,33)29-14-4-5-15-29)16-21(23)28-26(31)25-17-30(22-6-2-3-7-24(22)37-25)39(34,35)19-10-8-18(27)9-11-19/h2-3,6-13,16,25H,4-5,14-15,17H2,1H3,(H,28,31)/t25-/m1/s1. The second-order valence-electron chi connectivity index (χ2n) is 9.03. The quantitative estimate of drug-likeness (QED) is 0.444. The number of carbonyl (C=O) groups is 1. The van der Waals surface area contributed by atoms with Crippen LogP contribution in [0.5, 0.6) is 11.5 Å². The molecular weight excluding hydrogens is 566 g/mol. The van der Waals surface area contributed by atoms with Crippen LogP contribution in [0.2, 0.25) is 5.02 Å². The molecule has 1 atom stereocenters. The molecule has 39 heavy (non-hydrogen) atoms. The zero-order chi connectivity index (χ0) is 27.8. The van der Waals surface area contributed by atoms with Gasteiger partial charge in [-0.3, -0.25) is 9.10 Å². The van der Waals surface area contributed by atoms with Crippen LogP contribution in [-0.4, -0.2) is 59.9 Å². The Morgan fingerprint density at radius 2 is 1.62 bits per heavy atom. The number of para-hydroxylation sites is 2. The Bertz CT molecular complexity index is 1610. The van der Waals surface area contributed by atoms with Crippen LogP contribution in [-0.2, 0) is 24.8 Å². The van der Waals surface area contributed by atoms with E-state index in [0.29, 0.717) is 18.1 Å². The van der Waals surface area contributed by atoms with Gasteiger partial charge in [-0.1, -0.05) is 23.7 Å². The molecule has 3 aromatic carbocycles. The number of hydrogen-bond donors (Lipinski definition) is 1. The minimum absolute atomic E-state index is 0.00394. The van der Waals surface area contributed by atoms with Crippen molar-refractivity contribution in [1.29, 1.82) is 0 Å². The molecule has 1 saturated heterocycles. The highest BCUT2D eigenvalue weighted by Gasteiger charge is 2.38. The minimum atomic E-state index is -4.07. The third-order valence-corrected chi connectivity index (χ3v) is 10.5. The Morgan fingerprint density at radius 1 is 0.949 bits per heavy atom. The number of nitrogens with one attached hydrogen (secondary N) is 1. The smallest absolute Gasteiger partial charge is 0.267 e. The van der Waals surface area contributed by atoms with Crippen LogP contribution in [0.15, 0.2) is 76.5 Å². The lowest BCUT2D eigenvalue weighted by Gasteiger charge is -2.34. The van der Waals surface area contributed by atoms with Gasteiger partial charge < -0.3 is 14.8 Å². The van der Waals surface area contributed by atoms with Gasteiger partial charge in [0.2, 0.25) is 10.0 Å². The van der Waals surface area contributed by atoms with E-state index < -0.39 is 32.1 Å². The Kier molecular flexibility index (Phi) is 7.47. The first-order valence-corrected chi connectivity index (χ1v) is 15.4. The van der Waals surface area contributed by atoms with Gasteiger partial charge in [-0.15, -0.1) is 0 Å². The van der Waals surface area contributed by atoms with Crippen molar-refractivity contribution in [3.05, 3.63) is 71.8 Å². The van der Waals surface area contributed by atoms with E-state index in [2.05, 4.69) is 5.32 Å². The van der Waals surface area contributed by atoms with Crippen molar-refractivity contribution in [2.75, 3.05) is 36.4 Å². The lowest BCUT2D eigenvalue weighted by atomic mass is 10.2. The molecule has 10 nitrogen and oxygen atoms in total. The minimum Gasteiger partial charge on any atom is -0.495 e. The normalized spacial score (nSPS) is 17.8. The number of nitrogens with zero attached hydrogens (tertiary/aromatic N) is 2. The summed E-state index contributed by atoms with van der Waals surface area (Å²) in [6, 6.07) is 16.5. The number of ether oxygens (including phenoxy) is 2. The van der Waals surface area contributed by atoms with Gasteiger partial charge in [0, 0.05) is 18.1 Å². The number of carbonyl (C=O) groups excluding carboxylic acids is 1. The van der Waals surface area contributed by atoms with Gasteiger partial charge in [0.15, 0.2) is 6.10 Å². The van der Waals surface area contributed by atoms with Crippen molar-refractivity contribution in [2.24, 2.45) is 0 Å². The highest BCUT2D eigenvalue weighted by molar-refractivity contribution is 7.92. The lowest BCUT2D eigenvalue weighted by molar-refractivity contribution is -0.122. The molecule has 3 aromatic rings. The van der Waals surface area contributed by atoms with E-state index in [0.717, 1.165) is 17.1 Å². The van der Waals surface area contributed by atoms with Crippen LogP contribution in [0.25, 0.3) is 0 Å². The van der Waals surface area contributed by atoms with E-state index in [1.807, 2.05) is 0 Å². The molecule has 1 fully saturated rings. The first-order chi connectivity index (χ1) is 18.6. The maximum absolute atomic E-state index is 13.6. The molecular formula is C26H26ClN3O7S2. The van der Waals surface area contributed by atoms with Crippen molar-refractivity contribution in [2.45, 2.75) is 28.7 Å². The molecule has 206 valence electrons. The van der Waals surface area contributed by atoms with E-state index in [4.69, 9.17) is 21.1 Å². The van der Waals surface area contributed by atoms with Crippen LogP contribution < -0.4 is 19.1 Å². The van der Waals surface area contributed by atoms with E-state index in [1.165, 1.54) is 53.9 Å². The first-order valence-electron chi connectivity index (χ1n) is 12.1. The molecule has 2 aliphatic rings. The Hall–Kier alpha value is -3.32. The van der Waals surface area contributed by atoms with Crippen LogP contribution in [0, 0.1) is 0 Å². The summed E-state index contributed by atoms with van der Waals surface area (Å²) < 4.78 is 67.1. The Balaban J connectivity index is 1.45. The highest BCUT2D eigenvalue weighted by atomic mass is 35.5. The average Bonchev–Trinajstić information content (AvgIpc) is 3.49. The third-order valence-electron chi connectivity index (χ3n) is 6.56. The number of methoxy groups -OCH3 is 1. The number of anilines is 2. The van der Waals surface area contributed by atoms with Crippen molar-refractivity contribution in [3.63, 3.8) is 0 Å². The number of fused-ring (bicyclic) bond motifs is 1. The second kappa shape index (κ2) is 10.7. The highest BCUT2D eigenvalue weighted by Crippen LogP contribution is 2.38. The maximum Gasteiger partial charge on any atom is 0.267 e. The van der Waals surface area contributed by atoms with Crippen LogP contribution >= 0.6 is 11.6 Å². The molecule has 0 spiro atoms. The second-order valence-corrected chi connectivity index (χ2v) is 13.3. The fraction of sp³-hybridized carbons (Fsp3) is 0.269. The molecule has 0 aromatic heterocycles. The van der Waals surface area contributed by atoms with Gasteiger partial charge >= 0.3 is 0 Å². The number of sulfonamides is 2. The molecule has 0 radical (unpaired) electrons. The SMILES string of the molecule is COc1ccc(S(=O)(=O)N2CCCC2)cc1NC(=O)[C@H]1CN(S(=O)(=O)c2ccc(Cl)cc2)c2ccccc2O1. The zero-order valence-electron chi connectivity index (χ0n) is 20.9. The topological polar surface area (TPSA) is 122 Å². The molecule has 2 aliphatic heterocycles. The summed E-state index contributed by atoms with van der Waals surface area (Å²) in [5.74, 6) is -0.223. The Morgan fingerprint density at radius 3 is 2.31 bits per heavy atom. The van der Waals surface area contributed by atoms with Gasteiger partial charge in [0.1, 0.15) is 11.5 Å². The number of hydrogen-bond acceptors (Lipinski definition) is 7. The molecule has 1 amide bonds. The van der Waals surface area contributed by atoms with Crippen LogP contribution in [0.4, 0.5) is 11.4 Å². The van der Waals surface area contributed by atoms with Crippen LogP contribution in [0.3, 0.4) is 0 Å². The summed E-state index contributed by atoms with van der Waals surface area (Å²) >= 11 is 5.94. The van der Waals surface area contributed by atoms with Crippen LogP contribution in [0.1, 0.15) is 12.8 Å². The van der Waals surface area contributed by atoms with E-state index in [9.17, 15) is 21.6 Å².